The van der Waals surface area contributed by atoms with Gasteiger partial charge in [0.1, 0.15) is 5.84 Å². The number of hydrogen-bond acceptors (Lipinski definition) is 6. The molecule has 1 aromatic carbocycles. The molecule has 0 atom stereocenters. The molecule has 1 aliphatic carbocycles. The van der Waals surface area contributed by atoms with E-state index in [1.165, 1.54) is 20.9 Å². The average molecular weight is 559 g/mol. The SMILES string of the molecule is C=CS/C(C(=C)C)=C(\C)c1ccc(SCCN2C(=C)C(N(C)N)=C(CCCC)N=C2C2C=CC=CC=C2)cc1. The van der Waals surface area contributed by atoms with Crippen molar-refractivity contribution in [3.05, 3.63) is 119 Å². The van der Waals surface area contributed by atoms with Crippen molar-refractivity contribution >= 4 is 34.9 Å². The molecule has 0 radical (unpaired) electrons. The third kappa shape index (κ3) is 8.04. The molecule has 1 heterocycles. The van der Waals surface area contributed by atoms with E-state index in [0.29, 0.717) is 0 Å². The number of likely N-dealkylation sites (N-methyl/N-ethyl adjacent to an activating group) is 1. The Morgan fingerprint density at radius 2 is 1.79 bits per heavy atom. The van der Waals surface area contributed by atoms with Gasteiger partial charge in [-0.15, -0.1) is 11.8 Å². The molecule has 1 aliphatic heterocycles. The Hall–Kier alpha value is -2.93. The quantitative estimate of drug-likeness (QED) is 0.114. The summed E-state index contributed by atoms with van der Waals surface area (Å²) in [5.74, 6) is 8.28. The summed E-state index contributed by atoms with van der Waals surface area (Å²) in [6.07, 6.45) is 15.7. The number of benzene rings is 1. The third-order valence-electron chi connectivity index (χ3n) is 6.59. The van der Waals surface area contributed by atoms with Crippen molar-refractivity contribution in [2.45, 2.75) is 44.9 Å². The van der Waals surface area contributed by atoms with E-state index in [0.717, 1.165) is 60.1 Å². The van der Waals surface area contributed by atoms with Crippen molar-refractivity contribution < 1.29 is 0 Å². The highest BCUT2D eigenvalue weighted by Gasteiger charge is 2.30. The largest absolute Gasteiger partial charge is 0.327 e. The summed E-state index contributed by atoms with van der Waals surface area (Å²) in [5.41, 5.74) is 6.34. The lowest BCUT2D eigenvalue weighted by Gasteiger charge is -2.37. The van der Waals surface area contributed by atoms with Crippen LogP contribution < -0.4 is 5.84 Å². The molecule has 0 bridgehead atoms. The lowest BCUT2D eigenvalue weighted by molar-refractivity contribution is 0.395. The standard InChI is InChI=1S/C33H42N4S2/c1-8-10-17-30-31(36(7)34)26(6)37(33(35-30)28-15-13-11-12-14-16-28)22-23-39-29-20-18-27(19-21-29)25(5)32(24(3)4)38-9-2/h9,11-16,18-21,28H,2-3,6,8,10,17,22-23,34H2,1,4-5,7H3/b32-25+. The molecule has 0 amide bonds. The number of thioether (sulfide) groups is 2. The molecule has 39 heavy (non-hydrogen) atoms. The Balaban J connectivity index is 1.80. The summed E-state index contributed by atoms with van der Waals surface area (Å²) < 4.78 is 0. The van der Waals surface area contributed by atoms with E-state index in [9.17, 15) is 0 Å². The Morgan fingerprint density at radius 1 is 1.13 bits per heavy atom. The molecule has 206 valence electrons. The number of aliphatic imine (C=N–C) groups is 1. The van der Waals surface area contributed by atoms with E-state index in [-0.39, 0.29) is 5.92 Å². The molecule has 1 aromatic rings. The van der Waals surface area contributed by atoms with Crippen molar-refractivity contribution in [3.63, 3.8) is 0 Å². The summed E-state index contributed by atoms with van der Waals surface area (Å²) in [5, 5.41) is 3.53. The molecule has 0 aromatic heterocycles. The molecule has 0 unspecified atom stereocenters. The first-order chi connectivity index (χ1) is 18.8. The maximum atomic E-state index is 6.31. The first kappa shape index (κ1) is 30.6. The van der Waals surface area contributed by atoms with E-state index in [4.69, 9.17) is 10.8 Å². The number of hydrazine groups is 1. The van der Waals surface area contributed by atoms with E-state index >= 15 is 0 Å². The fraction of sp³-hybridized carbons (Fsp3) is 0.303. The molecule has 6 heteroatoms. The minimum absolute atomic E-state index is 0.0769. The molecule has 2 N–H and O–H groups in total. The number of rotatable bonds is 13. The third-order valence-corrected chi connectivity index (χ3v) is 8.64. The predicted molar refractivity (Wildman–Crippen MR) is 175 cm³/mol. The second kappa shape index (κ2) is 15.0. The lowest BCUT2D eigenvalue weighted by Crippen LogP contribution is -2.43. The summed E-state index contributed by atoms with van der Waals surface area (Å²) >= 11 is 3.46. The summed E-state index contributed by atoms with van der Waals surface area (Å²) in [6.45, 7) is 19.7. The fourth-order valence-corrected chi connectivity index (χ4v) is 6.13. The second-order valence-corrected chi connectivity index (χ2v) is 11.8. The van der Waals surface area contributed by atoms with Crippen LogP contribution in [0.4, 0.5) is 0 Å². The van der Waals surface area contributed by atoms with E-state index in [1.807, 2.05) is 31.1 Å². The van der Waals surface area contributed by atoms with Gasteiger partial charge in [-0.3, -0.25) is 0 Å². The summed E-state index contributed by atoms with van der Waals surface area (Å²) in [6, 6.07) is 8.77. The monoisotopic (exact) mass is 558 g/mol. The number of allylic oxidation sites excluding steroid dienone is 7. The van der Waals surface area contributed by atoms with Crippen LogP contribution in [-0.2, 0) is 0 Å². The van der Waals surface area contributed by atoms with Crippen LogP contribution in [0.3, 0.4) is 0 Å². The molecular formula is C33H42N4S2. The van der Waals surface area contributed by atoms with Gasteiger partial charge in [-0.05, 0) is 60.9 Å². The highest BCUT2D eigenvalue weighted by molar-refractivity contribution is 8.06. The Kier molecular flexibility index (Phi) is 11.8. The molecule has 4 nitrogen and oxygen atoms in total. The molecular weight excluding hydrogens is 517 g/mol. The average Bonchev–Trinajstić information content (AvgIpc) is 3.20. The van der Waals surface area contributed by atoms with Crippen molar-refractivity contribution in [1.29, 1.82) is 0 Å². The number of unbranched alkanes of at least 4 members (excludes halogenated alkanes) is 1. The van der Waals surface area contributed by atoms with Crippen molar-refractivity contribution in [2.75, 3.05) is 19.3 Å². The van der Waals surface area contributed by atoms with Crippen molar-refractivity contribution in [3.8, 4) is 0 Å². The molecule has 2 aliphatic rings. The van der Waals surface area contributed by atoms with Gasteiger partial charge in [-0.1, -0.05) is 93.4 Å². The summed E-state index contributed by atoms with van der Waals surface area (Å²) in [4.78, 5) is 9.85. The molecule has 0 saturated heterocycles. The second-order valence-electron chi connectivity index (χ2n) is 9.65. The van der Waals surface area contributed by atoms with Crippen molar-refractivity contribution in [1.82, 2.24) is 9.91 Å². The maximum absolute atomic E-state index is 6.31. The van der Waals surface area contributed by atoms with Crippen LogP contribution in [0.5, 0.6) is 0 Å². The number of amidine groups is 1. The fourth-order valence-electron chi connectivity index (χ4n) is 4.63. The molecule has 0 fully saturated rings. The van der Waals surface area contributed by atoms with Crippen LogP contribution in [0.1, 0.15) is 45.6 Å². The van der Waals surface area contributed by atoms with Gasteiger partial charge in [0.15, 0.2) is 0 Å². The van der Waals surface area contributed by atoms with Gasteiger partial charge in [0.05, 0.1) is 23.0 Å². The van der Waals surface area contributed by atoms with E-state index in [2.05, 4.69) is 99.2 Å². The van der Waals surface area contributed by atoms with Crippen LogP contribution in [0.15, 0.2) is 123 Å². The van der Waals surface area contributed by atoms with Crippen LogP contribution in [0.25, 0.3) is 5.57 Å². The molecule has 3 rings (SSSR count). The minimum atomic E-state index is 0.0769. The Bertz CT molecular complexity index is 1230. The predicted octanol–water partition coefficient (Wildman–Crippen LogP) is 8.70. The van der Waals surface area contributed by atoms with Gasteiger partial charge in [-0.25, -0.2) is 10.8 Å². The highest BCUT2D eigenvalue weighted by Crippen LogP contribution is 2.34. The summed E-state index contributed by atoms with van der Waals surface area (Å²) in [7, 11) is 1.88. The van der Waals surface area contributed by atoms with E-state index in [1.54, 1.807) is 16.8 Å². The highest BCUT2D eigenvalue weighted by atomic mass is 32.2. The smallest absolute Gasteiger partial charge is 0.120 e. The Morgan fingerprint density at radius 3 is 2.36 bits per heavy atom. The van der Waals surface area contributed by atoms with Crippen LogP contribution >= 0.6 is 23.5 Å². The zero-order valence-corrected chi connectivity index (χ0v) is 25.5. The van der Waals surface area contributed by atoms with Gasteiger partial charge in [0, 0.05) is 29.1 Å². The van der Waals surface area contributed by atoms with Crippen LogP contribution in [-0.4, -0.2) is 35.1 Å². The normalized spacial score (nSPS) is 16.3. The van der Waals surface area contributed by atoms with Crippen molar-refractivity contribution in [2.24, 2.45) is 16.8 Å². The van der Waals surface area contributed by atoms with Crippen LogP contribution in [0, 0.1) is 5.92 Å². The van der Waals surface area contributed by atoms with Gasteiger partial charge >= 0.3 is 0 Å². The first-order valence-electron chi connectivity index (χ1n) is 13.4. The lowest BCUT2D eigenvalue weighted by atomic mass is 10.0. The first-order valence-corrected chi connectivity index (χ1v) is 15.3. The van der Waals surface area contributed by atoms with Crippen LogP contribution in [0.2, 0.25) is 0 Å². The van der Waals surface area contributed by atoms with Gasteiger partial charge < -0.3 is 9.91 Å². The number of nitrogens with zero attached hydrogens (tertiary/aromatic N) is 3. The topological polar surface area (TPSA) is 44.9 Å². The number of hydrogen-bond donors (Lipinski definition) is 1. The number of nitrogens with two attached hydrogens (primary N) is 1. The molecule has 0 saturated carbocycles. The Labute approximate surface area is 244 Å². The van der Waals surface area contributed by atoms with E-state index < -0.39 is 0 Å². The maximum Gasteiger partial charge on any atom is 0.120 e. The molecule has 0 spiro atoms. The van der Waals surface area contributed by atoms with Gasteiger partial charge in [0.25, 0.3) is 0 Å². The zero-order chi connectivity index (χ0) is 28.4. The minimum Gasteiger partial charge on any atom is -0.327 e. The zero-order valence-electron chi connectivity index (χ0n) is 23.8. The van der Waals surface area contributed by atoms with Gasteiger partial charge in [-0.2, -0.15) is 0 Å². The van der Waals surface area contributed by atoms with Gasteiger partial charge in [0.2, 0.25) is 0 Å².